The molecule has 2 nitrogen and oxygen atoms in total. The van der Waals surface area contributed by atoms with E-state index in [-0.39, 0.29) is 16.7 Å². The third-order valence-electron chi connectivity index (χ3n) is 2.29. The van der Waals surface area contributed by atoms with Crippen LogP contribution in [0.2, 0.25) is 0 Å². The summed E-state index contributed by atoms with van der Waals surface area (Å²) in [7, 11) is 0. The van der Waals surface area contributed by atoms with E-state index in [2.05, 4.69) is 5.32 Å². The lowest BCUT2D eigenvalue weighted by Crippen LogP contribution is -2.15. The Morgan fingerprint density at radius 1 is 1.11 bits per heavy atom. The highest BCUT2D eigenvalue weighted by molar-refractivity contribution is 8.00. The molecule has 0 aliphatic carbocycles. The monoisotopic (exact) mass is 278 g/mol. The van der Waals surface area contributed by atoms with Crippen LogP contribution in [0.5, 0.6) is 0 Å². The summed E-state index contributed by atoms with van der Waals surface area (Å²) in [6, 6.07) is 6.41. The van der Waals surface area contributed by atoms with Gasteiger partial charge in [-0.25, -0.2) is 0 Å². The number of halogens is 3. The molecular weight excluding hydrogens is 261 g/mol. The Morgan fingerprint density at radius 2 is 1.78 bits per heavy atom. The number of hydrogen-bond donors (Lipinski definition) is 2. The van der Waals surface area contributed by atoms with Gasteiger partial charge in [0.15, 0.2) is 0 Å². The predicted octanol–water partition coefficient (Wildman–Crippen LogP) is 3.13. The summed E-state index contributed by atoms with van der Waals surface area (Å²) in [5, 5.41) is 3.22. The largest absolute Gasteiger partial charge is 0.446 e. The van der Waals surface area contributed by atoms with Crippen molar-refractivity contribution in [1.29, 1.82) is 0 Å². The number of hydrogen-bond acceptors (Lipinski definition) is 3. The maximum absolute atomic E-state index is 12.1. The van der Waals surface area contributed by atoms with Gasteiger partial charge in [-0.1, -0.05) is 12.1 Å². The normalized spacial score (nSPS) is 11.8. The molecule has 6 heteroatoms. The highest BCUT2D eigenvalue weighted by Gasteiger charge is 2.28. The van der Waals surface area contributed by atoms with Crippen LogP contribution in [0.25, 0.3) is 0 Å². The van der Waals surface area contributed by atoms with Crippen molar-refractivity contribution in [3.05, 3.63) is 29.8 Å². The second kappa shape index (κ2) is 7.66. The lowest BCUT2D eigenvalue weighted by molar-refractivity contribution is -0.0328. The molecule has 0 saturated heterocycles. The maximum atomic E-state index is 12.1. The Morgan fingerprint density at radius 3 is 2.33 bits per heavy atom. The summed E-state index contributed by atoms with van der Waals surface area (Å²) in [6.45, 7) is 2.23. The number of nitrogens with one attached hydrogen (secondary N) is 1. The van der Waals surface area contributed by atoms with E-state index in [1.165, 1.54) is 12.1 Å². The van der Waals surface area contributed by atoms with Gasteiger partial charge in [0.25, 0.3) is 0 Å². The molecule has 18 heavy (non-hydrogen) atoms. The van der Waals surface area contributed by atoms with Gasteiger partial charge in [0.1, 0.15) is 0 Å². The van der Waals surface area contributed by atoms with Crippen LogP contribution in [0.4, 0.5) is 13.2 Å². The van der Waals surface area contributed by atoms with Crippen LogP contribution < -0.4 is 11.1 Å². The molecular formula is C12H17F3N2S. The van der Waals surface area contributed by atoms with Crippen molar-refractivity contribution < 1.29 is 13.2 Å². The topological polar surface area (TPSA) is 38.0 Å². The molecule has 0 heterocycles. The van der Waals surface area contributed by atoms with Crippen LogP contribution in [0.1, 0.15) is 18.4 Å². The van der Waals surface area contributed by atoms with Crippen molar-refractivity contribution in [2.45, 2.75) is 29.8 Å². The molecule has 0 bridgehead atoms. The molecule has 0 aliphatic heterocycles. The first-order valence-corrected chi connectivity index (χ1v) is 6.58. The van der Waals surface area contributed by atoms with Crippen molar-refractivity contribution in [1.82, 2.24) is 5.32 Å². The van der Waals surface area contributed by atoms with Gasteiger partial charge in [0, 0.05) is 11.4 Å². The van der Waals surface area contributed by atoms with Gasteiger partial charge < -0.3 is 11.1 Å². The average molecular weight is 278 g/mol. The van der Waals surface area contributed by atoms with Crippen molar-refractivity contribution in [3.63, 3.8) is 0 Å². The Bertz CT molecular complexity index is 338. The molecule has 0 amide bonds. The van der Waals surface area contributed by atoms with Crippen molar-refractivity contribution in [3.8, 4) is 0 Å². The van der Waals surface area contributed by atoms with E-state index in [0.29, 0.717) is 13.1 Å². The van der Waals surface area contributed by atoms with E-state index in [1.54, 1.807) is 12.1 Å². The lowest BCUT2D eigenvalue weighted by atomic mass is 10.2. The summed E-state index contributed by atoms with van der Waals surface area (Å²) in [6.07, 6.45) is 1.99. The summed E-state index contributed by atoms with van der Waals surface area (Å²) in [5.74, 6) is 0. The predicted molar refractivity (Wildman–Crippen MR) is 68.3 cm³/mol. The molecule has 0 spiro atoms. The Balaban J connectivity index is 2.32. The highest BCUT2D eigenvalue weighted by atomic mass is 32.2. The lowest BCUT2D eigenvalue weighted by Gasteiger charge is -2.07. The van der Waals surface area contributed by atoms with Gasteiger partial charge in [0.05, 0.1) is 0 Å². The standard InChI is InChI=1S/C12H17F3N2S/c13-12(14,15)18-11-5-3-10(4-6-11)9-17-8-2-1-7-16/h3-6,17H,1-2,7-9,16H2. The number of alkyl halides is 3. The zero-order valence-corrected chi connectivity index (χ0v) is 10.8. The summed E-state index contributed by atoms with van der Waals surface area (Å²) in [4.78, 5) is 0.217. The molecule has 0 atom stereocenters. The zero-order valence-electron chi connectivity index (χ0n) is 9.96. The Labute approximate surface area is 109 Å². The van der Waals surface area contributed by atoms with Gasteiger partial charge in [-0.3, -0.25) is 0 Å². The van der Waals surface area contributed by atoms with E-state index < -0.39 is 5.51 Å². The number of unbranched alkanes of at least 4 members (excludes halogenated alkanes) is 1. The van der Waals surface area contributed by atoms with Crippen molar-refractivity contribution >= 4 is 11.8 Å². The number of rotatable bonds is 7. The number of nitrogens with two attached hydrogens (primary N) is 1. The molecule has 0 aromatic heterocycles. The van der Waals surface area contributed by atoms with E-state index in [0.717, 1.165) is 24.9 Å². The molecule has 1 rings (SSSR count). The van der Waals surface area contributed by atoms with E-state index in [1.807, 2.05) is 0 Å². The van der Waals surface area contributed by atoms with Crippen molar-refractivity contribution in [2.75, 3.05) is 13.1 Å². The summed E-state index contributed by atoms with van der Waals surface area (Å²) >= 11 is -0.0899. The minimum atomic E-state index is -4.22. The fourth-order valence-corrected chi connectivity index (χ4v) is 1.98. The molecule has 0 unspecified atom stereocenters. The molecule has 1 aromatic carbocycles. The number of benzene rings is 1. The van der Waals surface area contributed by atoms with Crippen molar-refractivity contribution in [2.24, 2.45) is 5.73 Å². The van der Waals surface area contributed by atoms with Crippen LogP contribution in [0.3, 0.4) is 0 Å². The summed E-state index contributed by atoms with van der Waals surface area (Å²) < 4.78 is 36.3. The van der Waals surface area contributed by atoms with Gasteiger partial charge >= 0.3 is 5.51 Å². The fraction of sp³-hybridized carbons (Fsp3) is 0.500. The fourth-order valence-electron chi connectivity index (χ4n) is 1.44. The first-order chi connectivity index (χ1) is 8.51. The average Bonchev–Trinajstić information content (AvgIpc) is 2.29. The Hall–Kier alpha value is -0.720. The Kier molecular flexibility index (Phi) is 6.52. The van der Waals surface area contributed by atoms with Gasteiger partial charge in [-0.05, 0) is 55.4 Å². The smallest absolute Gasteiger partial charge is 0.330 e. The summed E-state index contributed by atoms with van der Waals surface area (Å²) in [5.41, 5.74) is 2.13. The maximum Gasteiger partial charge on any atom is 0.446 e. The second-order valence-electron chi connectivity index (χ2n) is 3.86. The van der Waals surface area contributed by atoms with Gasteiger partial charge in [-0.15, -0.1) is 0 Å². The van der Waals surface area contributed by atoms with Gasteiger partial charge in [-0.2, -0.15) is 13.2 Å². The van der Waals surface area contributed by atoms with E-state index in [4.69, 9.17) is 5.73 Å². The molecule has 0 aliphatic rings. The zero-order chi connectivity index (χ0) is 13.4. The van der Waals surface area contributed by atoms with Crippen LogP contribution in [-0.4, -0.2) is 18.6 Å². The van der Waals surface area contributed by atoms with Gasteiger partial charge in [0.2, 0.25) is 0 Å². The SMILES string of the molecule is NCCCCNCc1ccc(SC(F)(F)F)cc1. The first-order valence-electron chi connectivity index (χ1n) is 5.77. The van der Waals surface area contributed by atoms with E-state index >= 15 is 0 Å². The van der Waals surface area contributed by atoms with Crippen LogP contribution in [-0.2, 0) is 6.54 Å². The molecule has 0 radical (unpaired) electrons. The van der Waals surface area contributed by atoms with Crippen LogP contribution in [0.15, 0.2) is 29.2 Å². The third-order valence-corrected chi connectivity index (χ3v) is 3.03. The van der Waals surface area contributed by atoms with Crippen LogP contribution in [0, 0.1) is 0 Å². The van der Waals surface area contributed by atoms with Crippen LogP contribution >= 0.6 is 11.8 Å². The van der Waals surface area contributed by atoms with E-state index in [9.17, 15) is 13.2 Å². The first kappa shape index (κ1) is 15.3. The quantitative estimate of drug-likeness (QED) is 0.594. The molecule has 0 fully saturated rings. The highest BCUT2D eigenvalue weighted by Crippen LogP contribution is 2.36. The minimum Gasteiger partial charge on any atom is -0.330 e. The minimum absolute atomic E-state index is 0.0899. The third kappa shape index (κ3) is 6.88. The number of thioether (sulfide) groups is 1. The molecule has 1 aromatic rings. The second-order valence-corrected chi connectivity index (χ2v) is 5.00. The molecule has 102 valence electrons. The molecule has 0 saturated carbocycles. The molecule has 3 N–H and O–H groups in total.